The average Bonchev–Trinajstić information content (AvgIpc) is 2.73. The Morgan fingerprint density at radius 3 is 2.69 bits per heavy atom. The molecule has 0 spiro atoms. The van der Waals surface area contributed by atoms with Crippen molar-refractivity contribution in [2.24, 2.45) is 0 Å². The summed E-state index contributed by atoms with van der Waals surface area (Å²) >= 11 is 4.96. The topological polar surface area (TPSA) is 43.1 Å². The van der Waals surface area contributed by atoms with E-state index in [9.17, 15) is 10.1 Å². The Hall–Kier alpha value is -0.550. The van der Waals surface area contributed by atoms with Crippen molar-refractivity contribution in [2.45, 2.75) is 35.8 Å². The molecule has 0 aromatic heterocycles. The molecule has 0 saturated heterocycles. The van der Waals surface area contributed by atoms with Crippen LogP contribution in [0.2, 0.25) is 0 Å². The zero-order valence-corrected chi connectivity index (χ0v) is 11.1. The number of nitrogens with zero attached hydrogens (tertiary/aromatic N) is 1. The van der Waals surface area contributed by atoms with E-state index in [4.69, 9.17) is 0 Å². The van der Waals surface area contributed by atoms with Gasteiger partial charge in [-0.1, -0.05) is 12.8 Å². The van der Waals surface area contributed by atoms with Crippen LogP contribution in [0.1, 0.15) is 25.7 Å². The van der Waals surface area contributed by atoms with E-state index in [1.165, 1.54) is 25.7 Å². The van der Waals surface area contributed by atoms with Gasteiger partial charge in [0.1, 0.15) is 0 Å². The first kappa shape index (κ1) is 11.9. The number of rotatable bonds is 3. The van der Waals surface area contributed by atoms with Crippen LogP contribution >= 0.6 is 27.7 Å². The first-order chi connectivity index (χ1) is 7.66. The maximum Gasteiger partial charge on any atom is 0.284 e. The average molecular weight is 302 g/mol. The Bertz CT molecular complexity index is 405. The van der Waals surface area contributed by atoms with Gasteiger partial charge in [-0.05, 0) is 40.9 Å². The number of benzene rings is 1. The summed E-state index contributed by atoms with van der Waals surface area (Å²) in [6.45, 7) is 0. The van der Waals surface area contributed by atoms with Crippen LogP contribution in [0.25, 0.3) is 0 Å². The first-order valence-corrected chi connectivity index (χ1v) is 6.94. The molecule has 0 N–H and O–H groups in total. The Labute approximate surface area is 107 Å². The lowest BCUT2D eigenvalue weighted by Gasteiger charge is -2.08. The predicted octanol–water partition coefficient (Wildman–Crippen LogP) is 4.39. The molecule has 0 aliphatic heterocycles. The van der Waals surface area contributed by atoms with Crippen LogP contribution in [0.3, 0.4) is 0 Å². The van der Waals surface area contributed by atoms with Crippen LogP contribution in [0, 0.1) is 10.1 Å². The molecule has 5 heteroatoms. The maximum absolute atomic E-state index is 10.8. The molecule has 0 radical (unpaired) electrons. The van der Waals surface area contributed by atoms with Crippen LogP contribution < -0.4 is 0 Å². The van der Waals surface area contributed by atoms with Gasteiger partial charge in [-0.25, -0.2) is 0 Å². The van der Waals surface area contributed by atoms with Gasteiger partial charge in [0.2, 0.25) is 0 Å². The summed E-state index contributed by atoms with van der Waals surface area (Å²) in [6.07, 6.45) is 5.04. The molecule has 16 heavy (non-hydrogen) atoms. The molecule has 0 bridgehead atoms. The van der Waals surface area contributed by atoms with Crippen molar-refractivity contribution < 1.29 is 4.92 Å². The smallest absolute Gasteiger partial charge is 0.258 e. The van der Waals surface area contributed by atoms with E-state index in [1.54, 1.807) is 23.9 Å². The second-order valence-corrected chi connectivity index (χ2v) is 6.12. The minimum Gasteiger partial charge on any atom is -0.258 e. The largest absolute Gasteiger partial charge is 0.284 e. The number of nitro groups is 1. The fourth-order valence-corrected chi connectivity index (χ4v) is 3.58. The number of halogens is 1. The quantitative estimate of drug-likeness (QED) is 0.614. The highest BCUT2D eigenvalue weighted by atomic mass is 79.9. The first-order valence-electron chi connectivity index (χ1n) is 5.27. The van der Waals surface area contributed by atoms with E-state index < -0.39 is 0 Å². The molecule has 2 rings (SSSR count). The summed E-state index contributed by atoms with van der Waals surface area (Å²) in [5.41, 5.74) is 0.156. The molecule has 86 valence electrons. The second kappa shape index (κ2) is 5.19. The molecular weight excluding hydrogens is 290 g/mol. The van der Waals surface area contributed by atoms with Gasteiger partial charge in [-0.3, -0.25) is 10.1 Å². The van der Waals surface area contributed by atoms with E-state index in [-0.39, 0.29) is 10.6 Å². The summed E-state index contributed by atoms with van der Waals surface area (Å²) in [4.78, 5) is 11.4. The Balaban J connectivity index is 2.15. The monoisotopic (exact) mass is 301 g/mol. The van der Waals surface area contributed by atoms with Crippen molar-refractivity contribution in [3.63, 3.8) is 0 Å². The lowest BCUT2D eigenvalue weighted by atomic mass is 10.3. The zero-order chi connectivity index (χ0) is 11.5. The molecule has 1 fully saturated rings. The normalized spacial score (nSPS) is 16.6. The minimum atomic E-state index is -0.344. The number of nitro benzene ring substituents is 1. The molecule has 1 aromatic carbocycles. The van der Waals surface area contributed by atoms with Gasteiger partial charge in [0, 0.05) is 16.2 Å². The maximum atomic E-state index is 10.8. The van der Waals surface area contributed by atoms with Gasteiger partial charge in [0.15, 0.2) is 0 Å². The van der Waals surface area contributed by atoms with Gasteiger partial charge in [-0.15, -0.1) is 11.8 Å². The van der Waals surface area contributed by atoms with E-state index in [2.05, 4.69) is 15.9 Å². The minimum absolute atomic E-state index is 0.156. The summed E-state index contributed by atoms with van der Waals surface area (Å²) in [5, 5.41) is 11.4. The van der Waals surface area contributed by atoms with Crippen LogP contribution in [0.4, 0.5) is 5.69 Å². The number of hydrogen-bond acceptors (Lipinski definition) is 3. The molecule has 0 amide bonds. The molecule has 1 aliphatic rings. The highest BCUT2D eigenvalue weighted by Crippen LogP contribution is 2.37. The fourth-order valence-electron chi connectivity index (χ4n) is 1.90. The summed E-state index contributed by atoms with van der Waals surface area (Å²) in [5.74, 6) is 0. The zero-order valence-electron chi connectivity index (χ0n) is 8.69. The van der Waals surface area contributed by atoms with Crippen molar-refractivity contribution in [2.75, 3.05) is 0 Å². The lowest BCUT2D eigenvalue weighted by molar-refractivity contribution is -0.385. The van der Waals surface area contributed by atoms with E-state index >= 15 is 0 Å². The molecule has 1 aliphatic carbocycles. The van der Waals surface area contributed by atoms with Crippen LogP contribution in [-0.2, 0) is 0 Å². The second-order valence-electron chi connectivity index (χ2n) is 3.89. The molecule has 3 nitrogen and oxygen atoms in total. The lowest BCUT2D eigenvalue weighted by Crippen LogP contribution is -1.94. The Morgan fingerprint density at radius 1 is 1.38 bits per heavy atom. The molecular formula is C11H12BrNO2S. The van der Waals surface area contributed by atoms with Crippen molar-refractivity contribution in [1.82, 2.24) is 0 Å². The molecule has 0 atom stereocenters. The van der Waals surface area contributed by atoms with Crippen molar-refractivity contribution in [3.05, 3.63) is 32.8 Å². The molecule has 0 unspecified atom stereocenters. The third-order valence-electron chi connectivity index (χ3n) is 2.72. The van der Waals surface area contributed by atoms with Crippen molar-refractivity contribution in [3.8, 4) is 0 Å². The third kappa shape index (κ3) is 2.77. The SMILES string of the molecule is O=[N+]([O-])c1cc(SC2CCCC2)ccc1Br. The van der Waals surface area contributed by atoms with Crippen LogP contribution in [0.15, 0.2) is 27.6 Å². The van der Waals surface area contributed by atoms with Gasteiger partial charge in [0.05, 0.1) is 9.40 Å². The number of thioether (sulfide) groups is 1. The Kier molecular flexibility index (Phi) is 3.86. The predicted molar refractivity (Wildman–Crippen MR) is 68.9 cm³/mol. The van der Waals surface area contributed by atoms with Gasteiger partial charge in [0.25, 0.3) is 5.69 Å². The summed E-state index contributed by atoms with van der Waals surface area (Å²) in [6, 6.07) is 5.36. The molecule has 1 aromatic rings. The third-order valence-corrected chi connectivity index (χ3v) is 4.72. The van der Waals surface area contributed by atoms with Gasteiger partial charge < -0.3 is 0 Å². The van der Waals surface area contributed by atoms with Crippen molar-refractivity contribution >= 4 is 33.4 Å². The van der Waals surface area contributed by atoms with E-state index in [0.29, 0.717) is 9.72 Å². The van der Waals surface area contributed by atoms with Crippen LogP contribution in [-0.4, -0.2) is 10.2 Å². The highest BCUT2D eigenvalue weighted by molar-refractivity contribution is 9.10. The van der Waals surface area contributed by atoms with E-state index in [1.807, 2.05) is 6.07 Å². The van der Waals surface area contributed by atoms with Crippen molar-refractivity contribution in [1.29, 1.82) is 0 Å². The summed E-state index contributed by atoms with van der Waals surface area (Å²) < 4.78 is 0.549. The van der Waals surface area contributed by atoms with Crippen LogP contribution in [0.5, 0.6) is 0 Å². The van der Waals surface area contributed by atoms with E-state index in [0.717, 1.165) is 4.90 Å². The van der Waals surface area contributed by atoms with Gasteiger partial charge in [-0.2, -0.15) is 0 Å². The Morgan fingerprint density at radius 2 is 2.06 bits per heavy atom. The fraction of sp³-hybridized carbons (Fsp3) is 0.455. The molecule has 0 heterocycles. The summed E-state index contributed by atoms with van der Waals surface area (Å²) in [7, 11) is 0. The number of hydrogen-bond donors (Lipinski definition) is 0. The highest BCUT2D eigenvalue weighted by Gasteiger charge is 2.18. The standard InChI is InChI=1S/C11H12BrNO2S/c12-10-6-5-9(7-11(10)13(14)15)16-8-3-1-2-4-8/h5-8H,1-4H2. The molecule has 1 saturated carbocycles. The van der Waals surface area contributed by atoms with Gasteiger partial charge >= 0.3 is 0 Å².